The molecule has 0 aliphatic heterocycles. The van der Waals surface area contributed by atoms with E-state index in [4.69, 9.17) is 34.8 Å². The highest BCUT2D eigenvalue weighted by Crippen LogP contribution is 2.23. The molecule has 2 rings (SSSR count). The summed E-state index contributed by atoms with van der Waals surface area (Å²) < 4.78 is 0. The fourth-order valence-electron chi connectivity index (χ4n) is 2.81. The zero-order valence-electron chi connectivity index (χ0n) is 16.7. The minimum absolute atomic E-state index is 0.0266. The number of halogens is 3. The van der Waals surface area contributed by atoms with E-state index in [1.165, 1.54) is 0 Å². The van der Waals surface area contributed by atoms with Crippen LogP contribution in [0.4, 0.5) is 0 Å². The quantitative estimate of drug-likeness (QED) is 0.569. The molecule has 0 spiro atoms. The molecule has 2 aromatic carbocycles. The monoisotopic (exact) mass is 454 g/mol. The van der Waals surface area contributed by atoms with Gasteiger partial charge in [0, 0.05) is 27.7 Å². The smallest absolute Gasteiger partial charge is 0.242 e. The Morgan fingerprint density at radius 3 is 2.34 bits per heavy atom. The van der Waals surface area contributed by atoms with Crippen LogP contribution in [0.25, 0.3) is 0 Å². The molecule has 2 amide bonds. The number of amides is 2. The first-order valence-corrected chi connectivity index (χ1v) is 10.6. The van der Waals surface area contributed by atoms with Crippen molar-refractivity contribution in [3.05, 3.63) is 68.7 Å². The maximum atomic E-state index is 13.2. The maximum absolute atomic E-state index is 13.2. The highest BCUT2D eigenvalue weighted by molar-refractivity contribution is 6.35. The number of nitrogens with zero attached hydrogens (tertiary/aromatic N) is 1. The van der Waals surface area contributed by atoms with Crippen LogP contribution in [0.15, 0.2) is 42.5 Å². The summed E-state index contributed by atoms with van der Waals surface area (Å²) in [5, 5.41) is 4.44. The molecule has 0 saturated carbocycles. The van der Waals surface area contributed by atoms with Gasteiger partial charge < -0.3 is 10.2 Å². The minimum Gasteiger partial charge on any atom is -0.352 e. The van der Waals surface area contributed by atoms with Crippen LogP contribution in [0, 0.1) is 0 Å². The van der Waals surface area contributed by atoms with Crippen molar-refractivity contribution in [2.75, 3.05) is 0 Å². The molecule has 0 fully saturated rings. The van der Waals surface area contributed by atoms with Crippen molar-refractivity contribution in [2.24, 2.45) is 0 Å². The zero-order valence-corrected chi connectivity index (χ0v) is 19.0. The van der Waals surface area contributed by atoms with E-state index in [0.717, 1.165) is 12.0 Å². The Balaban J connectivity index is 2.26. The summed E-state index contributed by atoms with van der Waals surface area (Å²) in [5.74, 6) is -0.405. The molecule has 0 aliphatic carbocycles. The van der Waals surface area contributed by atoms with E-state index >= 15 is 0 Å². The van der Waals surface area contributed by atoms with Gasteiger partial charge in [-0.05, 0) is 55.7 Å². The number of hydrogen-bond donors (Lipinski definition) is 1. The molecule has 0 unspecified atom stereocenters. The van der Waals surface area contributed by atoms with Gasteiger partial charge in [-0.25, -0.2) is 0 Å². The molecule has 2 atom stereocenters. The first-order valence-electron chi connectivity index (χ1n) is 9.49. The Hall–Kier alpha value is -1.75. The van der Waals surface area contributed by atoms with Gasteiger partial charge in [-0.3, -0.25) is 9.59 Å². The molecule has 156 valence electrons. The summed E-state index contributed by atoms with van der Waals surface area (Å²) in [6, 6.07) is 11.6. The van der Waals surface area contributed by atoms with Gasteiger partial charge in [0.05, 0.1) is 6.42 Å². The average Bonchev–Trinajstić information content (AvgIpc) is 2.67. The van der Waals surface area contributed by atoms with Crippen LogP contribution in [0.2, 0.25) is 15.1 Å². The zero-order chi connectivity index (χ0) is 21.6. The number of carbonyl (C=O) groups is 2. The van der Waals surface area contributed by atoms with Crippen molar-refractivity contribution in [1.29, 1.82) is 0 Å². The molecule has 7 heteroatoms. The van der Waals surface area contributed by atoms with Crippen LogP contribution in [-0.2, 0) is 22.6 Å². The van der Waals surface area contributed by atoms with Crippen LogP contribution in [-0.4, -0.2) is 28.8 Å². The molecule has 0 bridgehead atoms. The van der Waals surface area contributed by atoms with Gasteiger partial charge in [0.1, 0.15) is 6.04 Å². The van der Waals surface area contributed by atoms with Gasteiger partial charge in [0.2, 0.25) is 11.8 Å². The van der Waals surface area contributed by atoms with Gasteiger partial charge in [-0.15, -0.1) is 0 Å². The molecule has 0 radical (unpaired) electrons. The topological polar surface area (TPSA) is 49.4 Å². The molecule has 0 aromatic heterocycles. The lowest BCUT2D eigenvalue weighted by molar-refractivity contribution is -0.140. The van der Waals surface area contributed by atoms with Crippen molar-refractivity contribution in [3.8, 4) is 0 Å². The molecule has 0 heterocycles. The van der Waals surface area contributed by atoms with Crippen molar-refractivity contribution in [3.63, 3.8) is 0 Å². The Morgan fingerprint density at radius 1 is 1.03 bits per heavy atom. The Labute approximate surface area is 187 Å². The summed E-state index contributed by atoms with van der Waals surface area (Å²) in [6.45, 7) is 5.91. The average molecular weight is 456 g/mol. The van der Waals surface area contributed by atoms with Gasteiger partial charge >= 0.3 is 0 Å². The summed E-state index contributed by atoms with van der Waals surface area (Å²) in [4.78, 5) is 27.4. The van der Waals surface area contributed by atoms with Crippen LogP contribution in [0.5, 0.6) is 0 Å². The standard InChI is InChI=1S/C22H25Cl3N2O2/c1-4-14(2)26-22(29)15(3)27(13-16-6-5-7-18(23)10-16)21(28)11-17-8-9-19(24)12-20(17)25/h5-10,12,14-15H,4,11,13H2,1-3H3,(H,26,29)/t14-,15+/m0/s1. The van der Waals surface area contributed by atoms with E-state index in [1.807, 2.05) is 26.0 Å². The number of rotatable bonds is 8. The lowest BCUT2D eigenvalue weighted by atomic mass is 10.1. The summed E-state index contributed by atoms with van der Waals surface area (Å²) in [6.07, 6.45) is 0.874. The molecule has 4 nitrogen and oxygen atoms in total. The number of benzene rings is 2. The first-order chi connectivity index (χ1) is 13.7. The first kappa shape index (κ1) is 23.5. The van der Waals surface area contributed by atoms with E-state index < -0.39 is 6.04 Å². The third-order valence-corrected chi connectivity index (χ3v) is 5.59. The summed E-state index contributed by atoms with van der Waals surface area (Å²) >= 11 is 18.3. The molecule has 0 aliphatic rings. The van der Waals surface area contributed by atoms with Crippen molar-refractivity contribution in [1.82, 2.24) is 10.2 Å². The van der Waals surface area contributed by atoms with Gasteiger partial charge in [-0.1, -0.05) is 59.9 Å². The predicted molar refractivity (Wildman–Crippen MR) is 120 cm³/mol. The van der Waals surface area contributed by atoms with Gasteiger partial charge in [-0.2, -0.15) is 0 Å². The third-order valence-electron chi connectivity index (χ3n) is 4.77. The van der Waals surface area contributed by atoms with Crippen LogP contribution >= 0.6 is 34.8 Å². The Morgan fingerprint density at radius 2 is 1.72 bits per heavy atom. The molecule has 2 aromatic rings. The molecule has 0 saturated heterocycles. The third kappa shape index (κ3) is 6.91. The lowest BCUT2D eigenvalue weighted by Gasteiger charge is -2.30. The van der Waals surface area contributed by atoms with Gasteiger partial charge in [0.15, 0.2) is 0 Å². The second-order valence-electron chi connectivity index (χ2n) is 7.06. The second-order valence-corrected chi connectivity index (χ2v) is 8.34. The van der Waals surface area contributed by atoms with E-state index in [-0.39, 0.29) is 30.8 Å². The number of carbonyl (C=O) groups excluding carboxylic acids is 2. The van der Waals surface area contributed by atoms with E-state index in [0.29, 0.717) is 20.6 Å². The SMILES string of the molecule is CC[C@H](C)NC(=O)[C@@H](C)N(Cc1cccc(Cl)c1)C(=O)Cc1ccc(Cl)cc1Cl. The number of nitrogens with one attached hydrogen (secondary N) is 1. The van der Waals surface area contributed by atoms with Crippen LogP contribution < -0.4 is 5.32 Å². The van der Waals surface area contributed by atoms with Crippen molar-refractivity contribution in [2.45, 2.75) is 52.2 Å². The normalized spacial score (nSPS) is 12.9. The molecular weight excluding hydrogens is 431 g/mol. The largest absolute Gasteiger partial charge is 0.352 e. The maximum Gasteiger partial charge on any atom is 0.242 e. The van der Waals surface area contributed by atoms with E-state index in [9.17, 15) is 9.59 Å². The summed E-state index contributed by atoms with van der Waals surface area (Å²) in [7, 11) is 0. The fraction of sp³-hybridized carbons (Fsp3) is 0.364. The fourth-order valence-corrected chi connectivity index (χ4v) is 3.50. The van der Waals surface area contributed by atoms with Crippen LogP contribution in [0.1, 0.15) is 38.3 Å². The highest BCUT2D eigenvalue weighted by atomic mass is 35.5. The number of hydrogen-bond acceptors (Lipinski definition) is 2. The highest BCUT2D eigenvalue weighted by Gasteiger charge is 2.27. The summed E-state index contributed by atoms with van der Waals surface area (Å²) in [5.41, 5.74) is 1.50. The van der Waals surface area contributed by atoms with Gasteiger partial charge in [0.25, 0.3) is 0 Å². The van der Waals surface area contributed by atoms with Crippen molar-refractivity contribution < 1.29 is 9.59 Å². The lowest BCUT2D eigenvalue weighted by Crippen LogP contribution is -2.49. The Bertz CT molecular complexity index is 873. The molecule has 1 N–H and O–H groups in total. The van der Waals surface area contributed by atoms with E-state index in [1.54, 1.807) is 42.2 Å². The van der Waals surface area contributed by atoms with Crippen molar-refractivity contribution >= 4 is 46.6 Å². The Kier molecular flexibility index (Phi) is 8.81. The second kappa shape index (κ2) is 10.9. The molecular formula is C22H25Cl3N2O2. The van der Waals surface area contributed by atoms with Crippen LogP contribution in [0.3, 0.4) is 0 Å². The molecule has 29 heavy (non-hydrogen) atoms. The van der Waals surface area contributed by atoms with E-state index in [2.05, 4.69) is 5.32 Å². The predicted octanol–water partition coefficient (Wildman–Crippen LogP) is 5.52. The minimum atomic E-state index is -0.651.